The van der Waals surface area contributed by atoms with Crippen LogP contribution in [0.2, 0.25) is 0 Å². The Balaban J connectivity index is 2.55. The van der Waals surface area contributed by atoms with Crippen molar-refractivity contribution in [2.75, 3.05) is 20.6 Å². The Morgan fingerprint density at radius 2 is 1.90 bits per heavy atom. The molecule has 1 heterocycles. The van der Waals surface area contributed by atoms with Gasteiger partial charge in [0.25, 0.3) is 0 Å². The topological polar surface area (TPSA) is 33.1 Å². The molecular formula is C17H34N4. The highest BCUT2D eigenvalue weighted by atomic mass is 15.3. The van der Waals surface area contributed by atoms with Crippen LogP contribution < -0.4 is 5.32 Å². The average Bonchev–Trinajstić information content (AvgIpc) is 2.85. The lowest BCUT2D eigenvalue weighted by atomic mass is 10.0. The number of hydrogen-bond acceptors (Lipinski definition) is 3. The first kappa shape index (κ1) is 18.2. The molecule has 1 unspecified atom stereocenters. The van der Waals surface area contributed by atoms with Crippen molar-refractivity contribution in [1.82, 2.24) is 20.0 Å². The molecular weight excluding hydrogens is 260 g/mol. The van der Waals surface area contributed by atoms with E-state index in [1.54, 1.807) is 0 Å². The number of nitrogens with one attached hydrogen (secondary N) is 1. The Morgan fingerprint density at radius 1 is 1.24 bits per heavy atom. The first-order valence-corrected chi connectivity index (χ1v) is 8.38. The minimum Gasteiger partial charge on any atom is -0.308 e. The summed E-state index contributed by atoms with van der Waals surface area (Å²) in [7, 11) is 4.27. The van der Waals surface area contributed by atoms with E-state index in [-0.39, 0.29) is 0 Å². The van der Waals surface area contributed by atoms with Crippen molar-refractivity contribution in [3.63, 3.8) is 0 Å². The summed E-state index contributed by atoms with van der Waals surface area (Å²) in [5.74, 6) is 0.713. The van der Waals surface area contributed by atoms with Gasteiger partial charge in [0.2, 0.25) is 0 Å². The monoisotopic (exact) mass is 294 g/mol. The highest BCUT2D eigenvalue weighted by molar-refractivity contribution is 5.00. The second-order valence-corrected chi connectivity index (χ2v) is 6.73. The van der Waals surface area contributed by atoms with E-state index in [4.69, 9.17) is 5.10 Å². The number of aromatic nitrogens is 2. The van der Waals surface area contributed by atoms with Crippen LogP contribution in [0.25, 0.3) is 0 Å². The summed E-state index contributed by atoms with van der Waals surface area (Å²) >= 11 is 0. The molecule has 0 amide bonds. The van der Waals surface area contributed by atoms with Crippen molar-refractivity contribution >= 4 is 0 Å². The Bertz CT molecular complexity index is 370. The fourth-order valence-electron chi connectivity index (χ4n) is 2.82. The van der Waals surface area contributed by atoms with Gasteiger partial charge in [-0.25, -0.2) is 0 Å². The zero-order valence-corrected chi connectivity index (χ0v) is 14.8. The first-order chi connectivity index (χ1) is 9.96. The van der Waals surface area contributed by atoms with Gasteiger partial charge >= 0.3 is 0 Å². The molecule has 0 aliphatic rings. The summed E-state index contributed by atoms with van der Waals surface area (Å²) < 4.78 is 2.13. The molecule has 0 aliphatic carbocycles. The smallest absolute Gasteiger partial charge is 0.0762 e. The van der Waals surface area contributed by atoms with E-state index in [9.17, 15) is 0 Å². The van der Waals surface area contributed by atoms with Crippen molar-refractivity contribution in [1.29, 1.82) is 0 Å². The maximum absolute atomic E-state index is 4.72. The molecule has 4 nitrogen and oxygen atoms in total. The average molecular weight is 294 g/mol. The number of hydrogen-bond donors (Lipinski definition) is 1. The molecule has 1 atom stereocenters. The predicted octanol–water partition coefficient (Wildman–Crippen LogP) is 3.31. The molecule has 0 radical (unpaired) electrons. The molecule has 0 spiro atoms. The summed E-state index contributed by atoms with van der Waals surface area (Å²) in [6.45, 7) is 11.0. The van der Waals surface area contributed by atoms with Crippen molar-refractivity contribution in [3.05, 3.63) is 18.0 Å². The molecule has 0 bridgehead atoms. The second kappa shape index (κ2) is 9.21. The standard InChI is InChI=1S/C17H34N4/c1-7-17(8-2)21-10-9-15(19-21)12-18-16(11-14(3)4)13-20(5)6/h9-10,14,16-18H,7-8,11-13H2,1-6H3. The summed E-state index contributed by atoms with van der Waals surface area (Å²) in [6.07, 6.45) is 5.60. The Hall–Kier alpha value is -0.870. The molecule has 1 N–H and O–H groups in total. The van der Waals surface area contributed by atoms with Crippen molar-refractivity contribution in [2.24, 2.45) is 5.92 Å². The molecule has 122 valence electrons. The van der Waals surface area contributed by atoms with Crippen LogP contribution in [0.15, 0.2) is 12.3 Å². The van der Waals surface area contributed by atoms with Gasteiger partial charge in [-0.05, 0) is 45.3 Å². The van der Waals surface area contributed by atoms with E-state index in [0.29, 0.717) is 18.0 Å². The predicted molar refractivity (Wildman–Crippen MR) is 90.5 cm³/mol. The third-order valence-corrected chi connectivity index (χ3v) is 3.89. The van der Waals surface area contributed by atoms with E-state index < -0.39 is 0 Å². The molecule has 4 heteroatoms. The van der Waals surface area contributed by atoms with Gasteiger partial charge in [0.05, 0.1) is 11.7 Å². The fraction of sp³-hybridized carbons (Fsp3) is 0.824. The van der Waals surface area contributed by atoms with Crippen LogP contribution in [0.4, 0.5) is 0 Å². The maximum atomic E-state index is 4.72. The van der Waals surface area contributed by atoms with Gasteiger partial charge in [0, 0.05) is 25.3 Å². The molecule has 1 rings (SSSR count). The van der Waals surface area contributed by atoms with Crippen LogP contribution in [-0.2, 0) is 6.54 Å². The largest absolute Gasteiger partial charge is 0.308 e. The summed E-state index contributed by atoms with van der Waals surface area (Å²) in [4.78, 5) is 2.25. The Labute approximate surface area is 130 Å². The van der Waals surface area contributed by atoms with E-state index >= 15 is 0 Å². The van der Waals surface area contributed by atoms with Crippen molar-refractivity contribution < 1.29 is 0 Å². The summed E-state index contributed by atoms with van der Waals surface area (Å²) in [5.41, 5.74) is 1.15. The van der Waals surface area contributed by atoms with Gasteiger partial charge in [-0.3, -0.25) is 4.68 Å². The van der Waals surface area contributed by atoms with Crippen molar-refractivity contribution in [2.45, 2.75) is 65.6 Å². The van der Waals surface area contributed by atoms with Crippen LogP contribution in [0.5, 0.6) is 0 Å². The second-order valence-electron chi connectivity index (χ2n) is 6.73. The third kappa shape index (κ3) is 6.62. The molecule has 0 saturated carbocycles. The van der Waals surface area contributed by atoms with Gasteiger partial charge in [-0.1, -0.05) is 27.7 Å². The van der Waals surface area contributed by atoms with Crippen molar-refractivity contribution in [3.8, 4) is 0 Å². The number of nitrogens with zero attached hydrogens (tertiary/aromatic N) is 3. The molecule has 1 aromatic rings. The minimum absolute atomic E-state index is 0.526. The fourth-order valence-corrected chi connectivity index (χ4v) is 2.82. The SMILES string of the molecule is CCC(CC)n1ccc(CNC(CC(C)C)CN(C)C)n1. The van der Waals surface area contributed by atoms with E-state index in [2.05, 4.69) is 69.0 Å². The lowest BCUT2D eigenvalue weighted by Gasteiger charge is -2.23. The molecule has 21 heavy (non-hydrogen) atoms. The van der Waals surface area contributed by atoms with Gasteiger partial charge in [-0.15, -0.1) is 0 Å². The molecule has 0 aliphatic heterocycles. The first-order valence-electron chi connectivity index (χ1n) is 8.38. The Kier molecular flexibility index (Phi) is 7.97. The minimum atomic E-state index is 0.526. The van der Waals surface area contributed by atoms with Crippen LogP contribution in [0.3, 0.4) is 0 Å². The molecule has 0 saturated heterocycles. The van der Waals surface area contributed by atoms with E-state index in [1.807, 2.05) is 0 Å². The summed E-state index contributed by atoms with van der Waals surface area (Å²) in [5, 5.41) is 8.39. The molecule has 0 aromatic carbocycles. The summed E-state index contributed by atoms with van der Waals surface area (Å²) in [6, 6.07) is 3.21. The molecule has 1 aromatic heterocycles. The normalized spacial score (nSPS) is 13.6. The Morgan fingerprint density at radius 3 is 2.43 bits per heavy atom. The zero-order chi connectivity index (χ0) is 15.8. The van der Waals surface area contributed by atoms with Crippen LogP contribution in [0.1, 0.15) is 58.7 Å². The van der Waals surface area contributed by atoms with Gasteiger partial charge in [0.15, 0.2) is 0 Å². The lowest BCUT2D eigenvalue weighted by Crippen LogP contribution is -2.38. The molecule has 0 fully saturated rings. The number of likely N-dealkylation sites (N-methyl/N-ethyl adjacent to an activating group) is 1. The maximum Gasteiger partial charge on any atom is 0.0762 e. The lowest BCUT2D eigenvalue weighted by molar-refractivity contribution is 0.303. The zero-order valence-electron chi connectivity index (χ0n) is 14.8. The van der Waals surface area contributed by atoms with E-state index in [0.717, 1.165) is 31.6 Å². The van der Waals surface area contributed by atoms with Crippen LogP contribution in [0, 0.1) is 5.92 Å². The van der Waals surface area contributed by atoms with E-state index in [1.165, 1.54) is 6.42 Å². The van der Waals surface area contributed by atoms with Crippen LogP contribution >= 0.6 is 0 Å². The number of rotatable bonds is 10. The highest BCUT2D eigenvalue weighted by Crippen LogP contribution is 2.14. The van der Waals surface area contributed by atoms with Gasteiger partial charge in [-0.2, -0.15) is 5.10 Å². The third-order valence-electron chi connectivity index (χ3n) is 3.89. The highest BCUT2D eigenvalue weighted by Gasteiger charge is 2.13. The van der Waals surface area contributed by atoms with Crippen LogP contribution in [-0.4, -0.2) is 41.4 Å². The van der Waals surface area contributed by atoms with Gasteiger partial charge < -0.3 is 10.2 Å². The van der Waals surface area contributed by atoms with Gasteiger partial charge in [0.1, 0.15) is 0 Å². The quantitative estimate of drug-likeness (QED) is 0.718.